The van der Waals surface area contributed by atoms with Crippen LogP contribution in [0.1, 0.15) is 10.4 Å². The average Bonchev–Trinajstić information content (AvgIpc) is 2.34. The Morgan fingerprint density at radius 3 is 2.22 bits per heavy atom. The van der Waals surface area contributed by atoms with Crippen molar-refractivity contribution < 1.29 is 20.0 Å². The van der Waals surface area contributed by atoms with Gasteiger partial charge in [-0.2, -0.15) is 0 Å². The maximum absolute atomic E-state index is 10.7. The van der Waals surface area contributed by atoms with E-state index in [9.17, 15) is 9.90 Å². The van der Waals surface area contributed by atoms with Gasteiger partial charge in [-0.15, -0.1) is 0 Å². The number of benzene rings is 1. The number of hydrogen-bond acceptors (Lipinski definition) is 4. The van der Waals surface area contributed by atoms with E-state index in [4.69, 9.17) is 16.6 Å². The van der Waals surface area contributed by atoms with E-state index in [-0.39, 0.29) is 5.56 Å². The van der Waals surface area contributed by atoms with Gasteiger partial charge in [-0.25, -0.2) is 9.78 Å². The molecule has 6 N–H and O–H groups in total. The zero-order valence-corrected chi connectivity index (χ0v) is 9.46. The molecule has 1 aromatic heterocycles. The zero-order chi connectivity index (χ0) is 13.5. The number of hydrogen-bond donors (Lipinski definition) is 3. The van der Waals surface area contributed by atoms with Crippen LogP contribution < -0.4 is 21.6 Å². The minimum atomic E-state index is -1.18. The van der Waals surface area contributed by atoms with Crippen LogP contribution in [0.4, 0.5) is 11.5 Å². The van der Waals surface area contributed by atoms with Gasteiger partial charge in [-0.3, -0.25) is 5.73 Å². The van der Waals surface area contributed by atoms with Crippen molar-refractivity contribution in [1.29, 1.82) is 0 Å². The number of nitrogen functional groups attached to an aromatic ring is 2. The van der Waals surface area contributed by atoms with Crippen molar-refractivity contribution in [3.8, 4) is 5.75 Å². The largest absolute Gasteiger partial charge is 0.872 e. The van der Waals surface area contributed by atoms with Gasteiger partial charge in [0.1, 0.15) is 5.69 Å². The Balaban J connectivity index is 0.000000184. The van der Waals surface area contributed by atoms with Crippen LogP contribution in [0.3, 0.4) is 0 Å². The van der Waals surface area contributed by atoms with Crippen LogP contribution in [-0.4, -0.2) is 11.1 Å². The van der Waals surface area contributed by atoms with E-state index in [2.05, 4.69) is 4.98 Å². The normalized spacial score (nSPS) is 9.11. The number of aromatic amines is 1. The summed E-state index contributed by atoms with van der Waals surface area (Å²) in [4.78, 5) is 13.0. The molecule has 6 heteroatoms. The number of carboxylic acids is 1. The van der Waals surface area contributed by atoms with E-state index >= 15 is 0 Å². The first-order chi connectivity index (χ1) is 8.52. The predicted octanol–water partition coefficient (Wildman–Crippen LogP) is 0.123. The molecule has 0 radical (unpaired) electrons. The number of rotatable bonds is 1. The van der Waals surface area contributed by atoms with Gasteiger partial charge in [0, 0.05) is 0 Å². The Morgan fingerprint density at radius 2 is 1.83 bits per heavy atom. The molecule has 0 spiro atoms. The highest BCUT2D eigenvalue weighted by atomic mass is 16.4. The van der Waals surface area contributed by atoms with Crippen LogP contribution in [0, 0.1) is 0 Å². The molecular formula is C12H13N3O3. The molecule has 0 aliphatic heterocycles. The summed E-state index contributed by atoms with van der Waals surface area (Å²) < 4.78 is 0. The van der Waals surface area contributed by atoms with Crippen LogP contribution in [0.25, 0.3) is 0 Å². The smallest absolute Gasteiger partial charge is 0.335 e. The molecule has 0 unspecified atom stereocenters. The summed E-state index contributed by atoms with van der Waals surface area (Å²) in [6.45, 7) is 0. The van der Waals surface area contributed by atoms with Gasteiger partial charge < -0.3 is 15.9 Å². The van der Waals surface area contributed by atoms with E-state index in [0.29, 0.717) is 11.5 Å². The highest BCUT2D eigenvalue weighted by Gasteiger charge is 1.99. The van der Waals surface area contributed by atoms with Crippen molar-refractivity contribution in [3.05, 3.63) is 48.2 Å². The number of aromatic carboxylic acids is 1. The van der Waals surface area contributed by atoms with Gasteiger partial charge in [0.05, 0.1) is 11.8 Å². The Hall–Kier alpha value is -2.76. The van der Waals surface area contributed by atoms with Gasteiger partial charge in [-0.05, 0) is 18.2 Å². The number of H-pyrrole nitrogens is 1. The van der Waals surface area contributed by atoms with Crippen molar-refractivity contribution in [3.63, 3.8) is 0 Å². The predicted molar refractivity (Wildman–Crippen MR) is 64.7 cm³/mol. The second kappa shape index (κ2) is 6.09. The lowest BCUT2D eigenvalue weighted by molar-refractivity contribution is -0.359. The van der Waals surface area contributed by atoms with Gasteiger partial charge in [0.2, 0.25) is 0 Å². The van der Waals surface area contributed by atoms with Crippen LogP contribution in [-0.2, 0) is 0 Å². The summed E-state index contributed by atoms with van der Waals surface area (Å²) in [7, 11) is 0. The fraction of sp³-hybridized carbons (Fsp3) is 0. The zero-order valence-electron chi connectivity index (χ0n) is 9.46. The highest BCUT2D eigenvalue weighted by molar-refractivity contribution is 5.90. The SMILES string of the molecule is Nc1ccc[nH+]c1N.O=C(O)c1ccccc1[O-]. The Bertz CT molecular complexity index is 523. The summed E-state index contributed by atoms with van der Waals surface area (Å²) >= 11 is 0. The molecule has 0 saturated heterocycles. The van der Waals surface area contributed by atoms with E-state index in [1.54, 1.807) is 18.3 Å². The first kappa shape index (κ1) is 13.3. The molecule has 0 fully saturated rings. The van der Waals surface area contributed by atoms with Gasteiger partial charge in [0.25, 0.3) is 5.82 Å². The molecule has 6 nitrogen and oxygen atoms in total. The second-order valence-corrected chi connectivity index (χ2v) is 3.34. The summed E-state index contributed by atoms with van der Waals surface area (Å²) in [6.07, 6.45) is 1.73. The van der Waals surface area contributed by atoms with E-state index in [0.717, 1.165) is 0 Å². The molecule has 18 heavy (non-hydrogen) atoms. The number of carboxylic acid groups (broad SMARTS) is 1. The second-order valence-electron chi connectivity index (χ2n) is 3.34. The molecule has 0 atom stereocenters. The summed E-state index contributed by atoms with van der Waals surface area (Å²) in [5, 5.41) is 19.0. The minimum Gasteiger partial charge on any atom is -0.872 e. The maximum atomic E-state index is 10.7. The minimum absolute atomic E-state index is 0.178. The lowest BCUT2D eigenvalue weighted by atomic mass is 10.2. The van der Waals surface area contributed by atoms with E-state index in [1.165, 1.54) is 24.3 Å². The van der Waals surface area contributed by atoms with Crippen molar-refractivity contribution in [2.24, 2.45) is 0 Å². The molecule has 94 valence electrons. The molecule has 1 aromatic carbocycles. The lowest BCUT2D eigenvalue weighted by Crippen LogP contribution is -2.11. The maximum Gasteiger partial charge on any atom is 0.335 e. The number of nitrogens with two attached hydrogens (primary N) is 2. The standard InChI is InChI=1S/C7H6O3.C5H7N3/c8-6-4-2-1-3-5(6)7(9)10;6-4-2-1-3-8-5(4)7/h1-4,8H,(H,9,10);1-3H,6H2,(H2,7,8). The van der Waals surface area contributed by atoms with Crippen molar-refractivity contribution in [1.82, 2.24) is 0 Å². The van der Waals surface area contributed by atoms with Gasteiger partial charge in [0.15, 0.2) is 0 Å². The quantitative estimate of drug-likeness (QED) is 0.659. The number of anilines is 2. The third kappa shape index (κ3) is 3.67. The third-order valence-corrected chi connectivity index (χ3v) is 2.04. The molecule has 0 saturated carbocycles. The van der Waals surface area contributed by atoms with Crippen LogP contribution >= 0.6 is 0 Å². The summed E-state index contributed by atoms with van der Waals surface area (Å²) in [5.41, 5.74) is 11.1. The number of nitrogens with one attached hydrogen (secondary N) is 1. The van der Waals surface area contributed by atoms with Crippen molar-refractivity contribution in [2.45, 2.75) is 0 Å². The fourth-order valence-corrected chi connectivity index (χ4v) is 1.11. The van der Waals surface area contributed by atoms with E-state index < -0.39 is 11.7 Å². The molecule has 0 amide bonds. The van der Waals surface area contributed by atoms with Gasteiger partial charge >= 0.3 is 5.97 Å². The highest BCUT2D eigenvalue weighted by Crippen LogP contribution is 2.10. The van der Waals surface area contributed by atoms with Crippen LogP contribution in [0.15, 0.2) is 42.6 Å². The van der Waals surface area contributed by atoms with E-state index in [1.807, 2.05) is 0 Å². The molecule has 0 aliphatic carbocycles. The molecule has 2 aromatic rings. The Kier molecular flexibility index (Phi) is 4.50. The molecule has 1 heterocycles. The van der Waals surface area contributed by atoms with Gasteiger partial charge in [-0.1, -0.05) is 23.9 Å². The Labute approximate surface area is 104 Å². The number of pyridine rings is 1. The fourth-order valence-electron chi connectivity index (χ4n) is 1.11. The number of para-hydroxylation sites is 1. The van der Waals surface area contributed by atoms with Crippen LogP contribution in [0.5, 0.6) is 5.75 Å². The molecule has 0 aliphatic rings. The Morgan fingerprint density at radius 1 is 1.17 bits per heavy atom. The summed E-state index contributed by atoms with van der Waals surface area (Å²) in [6, 6.07) is 9.07. The van der Waals surface area contributed by atoms with Crippen LogP contribution in [0.2, 0.25) is 0 Å². The molecule has 0 bridgehead atoms. The number of carbonyl (C=O) groups is 1. The van der Waals surface area contributed by atoms with Crippen molar-refractivity contribution in [2.75, 3.05) is 11.5 Å². The number of aromatic nitrogens is 1. The topological polar surface area (TPSA) is 127 Å². The lowest BCUT2D eigenvalue weighted by Gasteiger charge is -2.07. The summed E-state index contributed by atoms with van der Waals surface area (Å²) in [5.74, 6) is -1.10. The third-order valence-electron chi connectivity index (χ3n) is 2.04. The monoisotopic (exact) mass is 247 g/mol. The first-order valence-electron chi connectivity index (χ1n) is 5.03. The van der Waals surface area contributed by atoms with Crippen molar-refractivity contribution >= 4 is 17.5 Å². The molecular weight excluding hydrogens is 234 g/mol. The first-order valence-corrected chi connectivity index (χ1v) is 5.03. The molecule has 2 rings (SSSR count). The average molecular weight is 247 g/mol.